The van der Waals surface area contributed by atoms with Crippen LogP contribution in [0.15, 0.2) is 47.6 Å². The van der Waals surface area contributed by atoms with Gasteiger partial charge in [-0.05, 0) is 24.3 Å². The van der Waals surface area contributed by atoms with Gasteiger partial charge in [-0.2, -0.15) is 0 Å². The van der Waals surface area contributed by atoms with Gasteiger partial charge in [-0.25, -0.2) is 4.99 Å². The van der Waals surface area contributed by atoms with Crippen LogP contribution in [0.2, 0.25) is 0 Å². The van der Waals surface area contributed by atoms with E-state index in [-0.39, 0.29) is 40.6 Å². The van der Waals surface area contributed by atoms with Crippen molar-refractivity contribution in [3.8, 4) is 0 Å². The molecule has 0 N–H and O–H groups in total. The molecule has 0 saturated carbocycles. The number of aromatic nitrogens is 1. The van der Waals surface area contributed by atoms with Gasteiger partial charge < -0.3 is 0 Å². The monoisotopic (exact) mass is 295 g/mol. The predicted octanol–water partition coefficient (Wildman–Crippen LogP) is 2.53. The molecule has 0 unspecified atom stereocenters. The second-order valence-corrected chi connectivity index (χ2v) is 4.66. The number of ketones is 2. The third kappa shape index (κ3) is 2.39. The van der Waals surface area contributed by atoms with E-state index in [1.807, 2.05) is 0 Å². The zero-order valence-electron chi connectivity index (χ0n) is 11.2. The largest absolute Gasteiger partial charge is 0.292 e. The molecule has 7 heteroatoms. The number of non-ortho nitro benzene ring substituents is 1. The van der Waals surface area contributed by atoms with E-state index in [9.17, 15) is 19.7 Å². The summed E-state index contributed by atoms with van der Waals surface area (Å²) >= 11 is 0. The lowest BCUT2D eigenvalue weighted by Gasteiger charge is -2.14. The van der Waals surface area contributed by atoms with E-state index in [2.05, 4.69) is 9.98 Å². The quantitative estimate of drug-likeness (QED) is 0.625. The Kier molecular flexibility index (Phi) is 3.30. The first kappa shape index (κ1) is 13.7. The van der Waals surface area contributed by atoms with Crippen molar-refractivity contribution in [3.63, 3.8) is 0 Å². The van der Waals surface area contributed by atoms with Crippen LogP contribution in [0.25, 0.3) is 0 Å². The molecule has 0 radical (unpaired) electrons. The van der Waals surface area contributed by atoms with Crippen molar-refractivity contribution in [2.45, 2.75) is 6.42 Å². The topological polar surface area (TPSA) is 103 Å². The van der Waals surface area contributed by atoms with Crippen LogP contribution in [0.1, 0.15) is 27.3 Å². The average molecular weight is 295 g/mol. The first-order chi connectivity index (χ1) is 10.6. The Balaban J connectivity index is 1.97. The molecule has 1 aromatic heterocycles. The summed E-state index contributed by atoms with van der Waals surface area (Å²) in [5.74, 6) is -0.614. The van der Waals surface area contributed by atoms with Crippen LogP contribution < -0.4 is 0 Å². The lowest BCUT2D eigenvalue weighted by atomic mass is 9.92. The zero-order chi connectivity index (χ0) is 15.7. The van der Waals surface area contributed by atoms with Crippen LogP contribution in [0, 0.1) is 10.1 Å². The fourth-order valence-electron chi connectivity index (χ4n) is 2.18. The normalized spacial score (nSPS) is 15.7. The summed E-state index contributed by atoms with van der Waals surface area (Å²) in [5.41, 5.74) is 0.826. The Morgan fingerprint density at radius 3 is 2.55 bits per heavy atom. The Hall–Kier alpha value is -3.22. The van der Waals surface area contributed by atoms with Gasteiger partial charge in [0.25, 0.3) is 5.69 Å². The Bertz CT molecular complexity index is 825. The maximum Gasteiger partial charge on any atom is 0.269 e. The van der Waals surface area contributed by atoms with Gasteiger partial charge in [-0.3, -0.25) is 24.7 Å². The summed E-state index contributed by atoms with van der Waals surface area (Å²) in [5, 5.41) is 10.6. The maximum atomic E-state index is 12.3. The molecular formula is C15H9N3O4. The summed E-state index contributed by atoms with van der Waals surface area (Å²) in [6.07, 6.45) is 1.34. The number of carbonyl (C=O) groups excluding carboxylic acids is 2. The molecule has 0 saturated heterocycles. The van der Waals surface area contributed by atoms with Crippen molar-refractivity contribution in [1.82, 2.24) is 4.98 Å². The van der Waals surface area contributed by atoms with Crippen LogP contribution in [-0.4, -0.2) is 27.2 Å². The van der Waals surface area contributed by atoms with Gasteiger partial charge in [0.15, 0.2) is 5.78 Å². The first-order valence-corrected chi connectivity index (χ1v) is 6.41. The smallest absolute Gasteiger partial charge is 0.269 e. The number of pyridine rings is 1. The number of fused-ring (bicyclic) bond motifs is 1. The van der Waals surface area contributed by atoms with E-state index in [1.54, 1.807) is 6.07 Å². The molecule has 1 aliphatic carbocycles. The summed E-state index contributed by atoms with van der Waals surface area (Å²) in [4.78, 5) is 42.4. The summed E-state index contributed by atoms with van der Waals surface area (Å²) in [6, 6.07) is 8.57. The number of nitro groups is 1. The van der Waals surface area contributed by atoms with E-state index < -0.39 is 4.92 Å². The second-order valence-electron chi connectivity index (χ2n) is 4.66. The fourth-order valence-corrected chi connectivity index (χ4v) is 2.18. The minimum Gasteiger partial charge on any atom is -0.292 e. The zero-order valence-corrected chi connectivity index (χ0v) is 11.2. The van der Waals surface area contributed by atoms with Gasteiger partial charge in [0.1, 0.15) is 5.69 Å². The molecule has 22 heavy (non-hydrogen) atoms. The van der Waals surface area contributed by atoms with E-state index in [1.165, 1.54) is 36.5 Å². The number of carbonyl (C=O) groups is 2. The van der Waals surface area contributed by atoms with Gasteiger partial charge >= 0.3 is 0 Å². The molecule has 0 spiro atoms. The van der Waals surface area contributed by atoms with Crippen LogP contribution in [0.3, 0.4) is 0 Å². The van der Waals surface area contributed by atoms with Gasteiger partial charge in [0.2, 0.25) is 5.78 Å². The fraction of sp³-hybridized carbons (Fsp3) is 0.0667. The average Bonchev–Trinajstić information content (AvgIpc) is 2.53. The van der Waals surface area contributed by atoms with Crippen LogP contribution in [0.5, 0.6) is 0 Å². The molecule has 1 aliphatic rings. The molecule has 1 aromatic carbocycles. The van der Waals surface area contributed by atoms with Gasteiger partial charge in [-0.1, -0.05) is 0 Å². The van der Waals surface area contributed by atoms with Gasteiger partial charge in [0.05, 0.1) is 28.3 Å². The van der Waals surface area contributed by atoms with Crippen molar-refractivity contribution in [3.05, 3.63) is 64.0 Å². The van der Waals surface area contributed by atoms with E-state index in [0.29, 0.717) is 5.69 Å². The molecule has 0 bridgehead atoms. The minimum atomic E-state index is -0.520. The van der Waals surface area contributed by atoms with Crippen LogP contribution in [-0.2, 0) is 0 Å². The number of hydrogen-bond acceptors (Lipinski definition) is 6. The summed E-state index contributed by atoms with van der Waals surface area (Å²) < 4.78 is 0. The number of benzene rings is 1. The first-order valence-electron chi connectivity index (χ1n) is 6.41. The molecule has 0 aliphatic heterocycles. The van der Waals surface area contributed by atoms with E-state index in [0.717, 1.165) is 0 Å². The number of nitrogens with zero attached hydrogens (tertiary/aromatic N) is 3. The predicted molar refractivity (Wildman–Crippen MR) is 77.7 cm³/mol. The highest BCUT2D eigenvalue weighted by Gasteiger charge is 2.30. The molecule has 3 rings (SSSR count). The number of nitro benzene ring substituents is 1. The van der Waals surface area contributed by atoms with Crippen molar-refractivity contribution in [1.29, 1.82) is 0 Å². The minimum absolute atomic E-state index is 0.0652. The van der Waals surface area contributed by atoms with Crippen LogP contribution >= 0.6 is 0 Å². The molecule has 7 nitrogen and oxygen atoms in total. The number of rotatable bonds is 2. The lowest BCUT2D eigenvalue weighted by molar-refractivity contribution is -0.384. The third-order valence-electron chi connectivity index (χ3n) is 3.23. The molecule has 0 amide bonds. The maximum absolute atomic E-state index is 12.3. The number of hydrogen-bond donors (Lipinski definition) is 0. The highest BCUT2D eigenvalue weighted by Crippen LogP contribution is 2.22. The molecule has 0 atom stereocenters. The van der Waals surface area contributed by atoms with Crippen molar-refractivity contribution in [2.75, 3.05) is 0 Å². The standard InChI is InChI=1S/C15H9N3O4/c19-13-8-12(15(20)11-2-1-7-16-14(11)13)17-9-3-5-10(6-4-9)18(21)22/h1-7H,8H2. The third-order valence-corrected chi connectivity index (χ3v) is 3.23. The second kappa shape index (κ2) is 5.28. The van der Waals surface area contributed by atoms with Gasteiger partial charge in [-0.15, -0.1) is 0 Å². The molecule has 2 aromatic rings. The summed E-state index contributed by atoms with van der Waals surface area (Å²) in [7, 11) is 0. The SMILES string of the molecule is O=C1C(=Nc2ccc([N+](=O)[O-])cc2)CC(=O)c2ncccc21. The molecule has 108 valence electrons. The number of aliphatic imine (C=N–C) groups is 1. The van der Waals surface area contributed by atoms with Crippen LogP contribution in [0.4, 0.5) is 11.4 Å². The lowest BCUT2D eigenvalue weighted by Crippen LogP contribution is -2.27. The van der Waals surface area contributed by atoms with E-state index >= 15 is 0 Å². The Morgan fingerprint density at radius 2 is 1.86 bits per heavy atom. The van der Waals surface area contributed by atoms with Crippen molar-refractivity contribution in [2.24, 2.45) is 4.99 Å². The number of Topliss-reactive ketones (excluding diaryl/α,β-unsaturated/α-hetero) is 2. The Morgan fingerprint density at radius 1 is 1.14 bits per heavy atom. The molecule has 0 fully saturated rings. The molecular weight excluding hydrogens is 286 g/mol. The molecule has 1 heterocycles. The Labute approximate surface area is 124 Å². The highest BCUT2D eigenvalue weighted by molar-refractivity contribution is 6.52. The van der Waals surface area contributed by atoms with Crippen molar-refractivity contribution >= 4 is 28.7 Å². The highest BCUT2D eigenvalue weighted by atomic mass is 16.6. The van der Waals surface area contributed by atoms with E-state index in [4.69, 9.17) is 0 Å². The summed E-state index contributed by atoms with van der Waals surface area (Å²) in [6.45, 7) is 0. The van der Waals surface area contributed by atoms with Gasteiger partial charge in [0, 0.05) is 18.3 Å². The van der Waals surface area contributed by atoms with Crippen molar-refractivity contribution < 1.29 is 14.5 Å².